The van der Waals surface area contributed by atoms with Gasteiger partial charge in [-0.25, -0.2) is 13.4 Å². The van der Waals surface area contributed by atoms with Crippen molar-refractivity contribution in [3.05, 3.63) is 69.8 Å². The van der Waals surface area contributed by atoms with Crippen LogP contribution in [-0.4, -0.2) is 52.4 Å². The summed E-state index contributed by atoms with van der Waals surface area (Å²) in [4.78, 5) is 26.3. The molecule has 0 saturated carbocycles. The lowest BCUT2D eigenvalue weighted by Crippen LogP contribution is -2.35. The maximum Gasteiger partial charge on any atom is 0.255 e. The molecule has 30 heavy (non-hydrogen) atoms. The van der Waals surface area contributed by atoms with Crippen molar-refractivity contribution >= 4 is 10.0 Å². The lowest BCUT2D eigenvalue weighted by Gasteiger charge is -2.26. The molecule has 158 valence electrons. The van der Waals surface area contributed by atoms with Crippen molar-refractivity contribution in [2.45, 2.75) is 26.1 Å². The zero-order valence-electron chi connectivity index (χ0n) is 16.8. The van der Waals surface area contributed by atoms with Gasteiger partial charge in [0, 0.05) is 44.5 Å². The van der Waals surface area contributed by atoms with E-state index in [9.17, 15) is 13.2 Å². The average Bonchev–Trinajstić information content (AvgIpc) is 3.15. The highest BCUT2D eigenvalue weighted by Crippen LogP contribution is 2.20. The van der Waals surface area contributed by atoms with E-state index < -0.39 is 10.0 Å². The molecule has 1 aliphatic rings. The predicted octanol–water partition coefficient (Wildman–Crippen LogP) is 1.37. The Bertz CT molecular complexity index is 1200. The zero-order valence-corrected chi connectivity index (χ0v) is 17.6. The van der Waals surface area contributed by atoms with E-state index in [0.717, 1.165) is 29.8 Å². The van der Waals surface area contributed by atoms with Gasteiger partial charge in [-0.05, 0) is 24.3 Å². The van der Waals surface area contributed by atoms with Gasteiger partial charge >= 0.3 is 0 Å². The highest BCUT2D eigenvalue weighted by atomic mass is 32.2. The number of furan rings is 1. The smallest absolute Gasteiger partial charge is 0.255 e. The van der Waals surface area contributed by atoms with E-state index in [1.165, 1.54) is 11.4 Å². The minimum absolute atomic E-state index is 0.140. The molecule has 0 aliphatic carbocycles. The molecule has 0 spiro atoms. The van der Waals surface area contributed by atoms with Crippen LogP contribution in [0.25, 0.3) is 11.4 Å². The standard InChI is InChI=1S/C20H23N5O4S/c1-24(30(2,27)28)11-15-5-6-16(29-15)12-25-9-7-18-17(13-25)20(26)23-19(22-18)14-4-3-8-21-10-14/h3-6,8,10H,7,9,11-13H2,1-2H3,(H,22,23,26). The van der Waals surface area contributed by atoms with Crippen LogP contribution in [0.5, 0.6) is 0 Å². The number of fused-ring (bicyclic) bond motifs is 1. The first-order chi connectivity index (χ1) is 14.3. The summed E-state index contributed by atoms with van der Waals surface area (Å²) < 4.78 is 30.1. The molecule has 4 rings (SSSR count). The second-order valence-corrected chi connectivity index (χ2v) is 9.52. The molecule has 0 fully saturated rings. The number of pyridine rings is 1. The number of sulfonamides is 1. The maximum atomic E-state index is 12.6. The van der Waals surface area contributed by atoms with Gasteiger partial charge < -0.3 is 9.40 Å². The number of H-pyrrole nitrogens is 1. The summed E-state index contributed by atoms with van der Waals surface area (Å²) in [6.07, 6.45) is 5.18. The summed E-state index contributed by atoms with van der Waals surface area (Å²) >= 11 is 0. The Morgan fingerprint density at radius 1 is 1.27 bits per heavy atom. The van der Waals surface area contributed by atoms with Gasteiger partial charge in [-0.3, -0.25) is 14.7 Å². The third-order valence-electron chi connectivity index (χ3n) is 5.12. The second kappa shape index (κ2) is 8.13. The number of rotatable bonds is 6. The van der Waals surface area contributed by atoms with Crippen molar-refractivity contribution in [1.29, 1.82) is 0 Å². The third kappa shape index (κ3) is 4.50. The minimum atomic E-state index is -3.27. The summed E-state index contributed by atoms with van der Waals surface area (Å²) in [5.41, 5.74) is 2.11. The molecule has 3 aromatic rings. The number of hydrogen-bond acceptors (Lipinski definition) is 7. The van der Waals surface area contributed by atoms with Crippen LogP contribution in [0, 0.1) is 0 Å². The fraction of sp³-hybridized carbons (Fsp3) is 0.350. The zero-order chi connectivity index (χ0) is 21.3. The average molecular weight is 430 g/mol. The Morgan fingerprint density at radius 2 is 2.07 bits per heavy atom. The molecule has 0 aromatic carbocycles. The molecule has 3 aromatic heterocycles. The Morgan fingerprint density at radius 3 is 2.80 bits per heavy atom. The van der Waals surface area contributed by atoms with Crippen LogP contribution in [0.3, 0.4) is 0 Å². The van der Waals surface area contributed by atoms with Crippen LogP contribution in [0.1, 0.15) is 22.8 Å². The highest BCUT2D eigenvalue weighted by molar-refractivity contribution is 7.88. The first kappa shape index (κ1) is 20.5. The van der Waals surface area contributed by atoms with Crippen molar-refractivity contribution in [3.63, 3.8) is 0 Å². The van der Waals surface area contributed by atoms with Gasteiger partial charge in [0.25, 0.3) is 5.56 Å². The Balaban J connectivity index is 1.46. The van der Waals surface area contributed by atoms with Gasteiger partial charge in [-0.2, -0.15) is 4.31 Å². The number of hydrogen-bond donors (Lipinski definition) is 1. The summed E-state index contributed by atoms with van der Waals surface area (Å²) in [5.74, 6) is 1.84. The minimum Gasteiger partial charge on any atom is -0.463 e. The van der Waals surface area contributed by atoms with Gasteiger partial charge in [-0.1, -0.05) is 0 Å². The molecule has 0 saturated heterocycles. The molecule has 0 bridgehead atoms. The topological polar surface area (TPSA) is 112 Å². The lowest BCUT2D eigenvalue weighted by molar-refractivity contribution is 0.219. The van der Waals surface area contributed by atoms with Crippen molar-refractivity contribution in [3.8, 4) is 11.4 Å². The van der Waals surface area contributed by atoms with E-state index in [1.54, 1.807) is 18.5 Å². The highest BCUT2D eigenvalue weighted by Gasteiger charge is 2.23. The van der Waals surface area contributed by atoms with Gasteiger partial charge in [0.2, 0.25) is 10.0 Å². The van der Waals surface area contributed by atoms with Crippen LogP contribution >= 0.6 is 0 Å². The molecule has 10 heteroatoms. The van der Waals surface area contributed by atoms with Gasteiger partial charge in [0.15, 0.2) is 0 Å². The quantitative estimate of drug-likeness (QED) is 0.630. The van der Waals surface area contributed by atoms with Crippen LogP contribution in [0.4, 0.5) is 0 Å². The van der Waals surface area contributed by atoms with Crippen molar-refractivity contribution in [2.75, 3.05) is 19.8 Å². The van der Waals surface area contributed by atoms with E-state index >= 15 is 0 Å². The first-order valence-electron chi connectivity index (χ1n) is 9.53. The fourth-order valence-corrected chi connectivity index (χ4v) is 3.77. The van der Waals surface area contributed by atoms with E-state index in [1.807, 2.05) is 18.2 Å². The maximum absolute atomic E-state index is 12.6. The summed E-state index contributed by atoms with van der Waals surface area (Å²) in [7, 11) is -1.75. The molecular weight excluding hydrogens is 406 g/mol. The monoisotopic (exact) mass is 429 g/mol. The Labute approximate surface area is 174 Å². The first-order valence-corrected chi connectivity index (χ1v) is 11.4. The van der Waals surface area contributed by atoms with E-state index in [0.29, 0.717) is 36.7 Å². The SMILES string of the molecule is CN(Cc1ccc(CN2CCc3nc(-c4cccnc4)[nH]c(=O)c3C2)o1)S(C)(=O)=O. The molecule has 1 aliphatic heterocycles. The Kier molecular flexibility index (Phi) is 5.54. The number of aromatic nitrogens is 3. The Hall–Kier alpha value is -2.82. The largest absolute Gasteiger partial charge is 0.463 e. The second-order valence-electron chi connectivity index (χ2n) is 7.43. The van der Waals surface area contributed by atoms with E-state index in [2.05, 4.69) is 19.9 Å². The summed E-state index contributed by atoms with van der Waals surface area (Å²) in [5, 5.41) is 0. The number of nitrogens with zero attached hydrogens (tertiary/aromatic N) is 4. The third-order valence-corrected chi connectivity index (χ3v) is 6.39. The van der Waals surface area contributed by atoms with Crippen LogP contribution < -0.4 is 5.56 Å². The van der Waals surface area contributed by atoms with E-state index in [4.69, 9.17) is 4.42 Å². The lowest BCUT2D eigenvalue weighted by atomic mass is 10.1. The molecule has 0 unspecified atom stereocenters. The normalized spacial score (nSPS) is 14.8. The van der Waals surface area contributed by atoms with Gasteiger partial charge in [0.1, 0.15) is 17.3 Å². The molecule has 0 amide bonds. The van der Waals surface area contributed by atoms with Crippen LogP contribution in [-0.2, 0) is 36.1 Å². The molecule has 1 N–H and O–H groups in total. The molecule has 4 heterocycles. The van der Waals surface area contributed by atoms with Gasteiger partial charge in [-0.15, -0.1) is 0 Å². The van der Waals surface area contributed by atoms with Crippen molar-refractivity contribution < 1.29 is 12.8 Å². The number of aromatic amines is 1. The molecule has 0 radical (unpaired) electrons. The summed E-state index contributed by atoms with van der Waals surface area (Å²) in [6, 6.07) is 7.29. The van der Waals surface area contributed by atoms with Crippen LogP contribution in [0.15, 0.2) is 45.9 Å². The fourth-order valence-electron chi connectivity index (χ4n) is 3.40. The van der Waals surface area contributed by atoms with Crippen LogP contribution in [0.2, 0.25) is 0 Å². The van der Waals surface area contributed by atoms with E-state index in [-0.39, 0.29) is 12.1 Å². The van der Waals surface area contributed by atoms with Crippen molar-refractivity contribution in [1.82, 2.24) is 24.2 Å². The molecule has 9 nitrogen and oxygen atoms in total. The number of nitrogens with one attached hydrogen (secondary N) is 1. The van der Waals surface area contributed by atoms with Crippen molar-refractivity contribution in [2.24, 2.45) is 0 Å². The molecule has 0 atom stereocenters. The molecular formula is C20H23N5O4S. The predicted molar refractivity (Wildman–Crippen MR) is 111 cm³/mol. The van der Waals surface area contributed by atoms with Gasteiger partial charge in [0.05, 0.1) is 30.6 Å². The summed E-state index contributed by atoms with van der Waals surface area (Å²) in [6.45, 7) is 1.94.